The minimum absolute atomic E-state index is 0.0856. The Hall–Kier alpha value is -5.03. The summed E-state index contributed by atoms with van der Waals surface area (Å²) in [4.78, 5) is 27.1. The van der Waals surface area contributed by atoms with Gasteiger partial charge in [0.05, 0.1) is 54.0 Å². The van der Waals surface area contributed by atoms with Gasteiger partial charge in [-0.25, -0.2) is 0 Å². The summed E-state index contributed by atoms with van der Waals surface area (Å²) in [6.45, 7) is 2.29. The molecule has 2 aromatic carbocycles. The first-order valence-electron chi connectivity index (χ1n) is 15.4. The maximum Gasteiger partial charge on any atom is 0.229 e. The molecule has 0 N–H and O–H groups in total. The highest BCUT2D eigenvalue weighted by atomic mass is 16.5. The minimum atomic E-state index is -0.0856. The average Bonchev–Trinajstić information content (AvgIpc) is 3.13. The molecule has 2 aromatic heterocycles. The lowest BCUT2D eigenvalue weighted by molar-refractivity contribution is -0.123. The summed E-state index contributed by atoms with van der Waals surface area (Å²) in [5, 5.41) is 0. The Bertz CT molecular complexity index is 1650. The lowest BCUT2D eigenvalue weighted by Crippen LogP contribution is -2.41. The molecule has 1 aliphatic heterocycles. The third kappa shape index (κ3) is 7.05. The van der Waals surface area contributed by atoms with E-state index in [1.54, 1.807) is 60.0 Å². The highest BCUT2D eigenvalue weighted by Gasteiger charge is 2.29. The van der Waals surface area contributed by atoms with Gasteiger partial charge >= 0.3 is 0 Å². The van der Waals surface area contributed by atoms with Crippen LogP contribution in [-0.2, 0) is 11.3 Å². The zero-order chi connectivity index (χ0) is 33.5. The second-order valence-electron chi connectivity index (χ2n) is 11.2. The van der Waals surface area contributed by atoms with Crippen LogP contribution in [0.15, 0.2) is 60.9 Å². The largest absolute Gasteiger partial charge is 0.493 e. The molecule has 0 radical (unpaired) electrons. The summed E-state index contributed by atoms with van der Waals surface area (Å²) < 4.78 is 33.1. The second-order valence-corrected chi connectivity index (χ2v) is 11.2. The molecule has 3 heterocycles. The van der Waals surface area contributed by atoms with E-state index in [2.05, 4.69) is 16.0 Å². The fourth-order valence-corrected chi connectivity index (χ4v) is 6.04. The Kier molecular flexibility index (Phi) is 10.7. The van der Waals surface area contributed by atoms with Gasteiger partial charge in [-0.15, -0.1) is 0 Å². The van der Waals surface area contributed by atoms with E-state index in [9.17, 15) is 4.79 Å². The van der Waals surface area contributed by atoms with Crippen LogP contribution in [0.5, 0.6) is 34.5 Å². The molecule has 4 aromatic rings. The number of carbonyl (C=O) groups excluding carboxylic acids is 1. The Morgan fingerprint density at radius 3 is 1.83 bits per heavy atom. The van der Waals surface area contributed by atoms with Crippen molar-refractivity contribution < 1.29 is 33.2 Å². The zero-order valence-corrected chi connectivity index (χ0v) is 28.0. The van der Waals surface area contributed by atoms with Crippen LogP contribution in [0.25, 0.3) is 22.5 Å². The number of benzene rings is 2. The molecule has 1 fully saturated rings. The quantitative estimate of drug-likeness (QED) is 0.190. The zero-order valence-electron chi connectivity index (χ0n) is 28.0. The van der Waals surface area contributed by atoms with E-state index < -0.39 is 0 Å². The average molecular weight is 643 g/mol. The van der Waals surface area contributed by atoms with E-state index in [0.717, 1.165) is 54.0 Å². The van der Waals surface area contributed by atoms with Crippen molar-refractivity contribution in [2.75, 3.05) is 67.7 Å². The summed E-state index contributed by atoms with van der Waals surface area (Å²) in [7, 11) is 11.3. The number of ether oxygens (including phenoxy) is 6. The van der Waals surface area contributed by atoms with Gasteiger partial charge in [0.25, 0.3) is 0 Å². The number of amides is 1. The molecule has 0 spiro atoms. The molecule has 0 atom stereocenters. The number of hydrogen-bond donors (Lipinski definition) is 0. The lowest BCUT2D eigenvalue weighted by Gasteiger charge is -2.33. The van der Waals surface area contributed by atoms with Crippen molar-refractivity contribution in [1.29, 1.82) is 0 Å². The van der Waals surface area contributed by atoms with Crippen molar-refractivity contribution in [2.24, 2.45) is 5.92 Å². The molecule has 1 aliphatic rings. The van der Waals surface area contributed by atoms with Crippen molar-refractivity contribution in [3.63, 3.8) is 0 Å². The van der Waals surface area contributed by atoms with Gasteiger partial charge in [-0.2, -0.15) is 0 Å². The Morgan fingerprint density at radius 2 is 1.30 bits per heavy atom. The fraction of sp³-hybridized carbons (Fsp3) is 0.361. The van der Waals surface area contributed by atoms with Crippen LogP contribution in [0.4, 0.5) is 5.69 Å². The highest BCUT2D eigenvalue weighted by Crippen LogP contribution is 2.42. The van der Waals surface area contributed by atoms with Crippen LogP contribution in [-0.4, -0.2) is 83.6 Å². The van der Waals surface area contributed by atoms with Crippen molar-refractivity contribution in [3.8, 4) is 57.0 Å². The van der Waals surface area contributed by atoms with Gasteiger partial charge in [0.1, 0.15) is 0 Å². The molecule has 248 valence electrons. The monoisotopic (exact) mass is 642 g/mol. The minimum Gasteiger partial charge on any atom is -0.493 e. The Balaban J connectivity index is 1.27. The third-order valence-electron chi connectivity index (χ3n) is 8.58. The predicted octanol–water partition coefficient (Wildman–Crippen LogP) is 5.74. The van der Waals surface area contributed by atoms with E-state index in [1.807, 2.05) is 49.5 Å². The maximum atomic E-state index is 13.7. The van der Waals surface area contributed by atoms with E-state index in [0.29, 0.717) is 46.7 Å². The second kappa shape index (κ2) is 15.0. The van der Waals surface area contributed by atoms with Gasteiger partial charge in [0, 0.05) is 48.7 Å². The van der Waals surface area contributed by atoms with Gasteiger partial charge in [0.2, 0.25) is 17.4 Å². The van der Waals surface area contributed by atoms with Gasteiger partial charge in [-0.05, 0) is 74.0 Å². The number of methoxy groups -OCH3 is 6. The number of piperidine rings is 1. The molecule has 11 heteroatoms. The summed E-state index contributed by atoms with van der Waals surface area (Å²) in [6, 6.07) is 15.3. The molecule has 1 amide bonds. The van der Waals surface area contributed by atoms with E-state index in [4.69, 9.17) is 33.4 Å². The molecular weight excluding hydrogens is 600 g/mol. The SMILES string of the molecule is COc1cc(-c2cc(N(C)C(=O)C3CCN(Cc4cccnc4-c4cc(OC)c(OC)c(OC)c4)CC3)ccn2)cc(OC)c1OC. The third-order valence-corrected chi connectivity index (χ3v) is 8.58. The van der Waals surface area contributed by atoms with E-state index in [-0.39, 0.29) is 11.8 Å². The number of pyridine rings is 2. The normalized spacial score (nSPS) is 13.5. The van der Waals surface area contributed by atoms with Crippen LogP contribution in [0.1, 0.15) is 18.4 Å². The van der Waals surface area contributed by atoms with Crippen molar-refractivity contribution in [2.45, 2.75) is 19.4 Å². The molecule has 0 unspecified atom stereocenters. The molecule has 0 saturated carbocycles. The van der Waals surface area contributed by atoms with Crippen LogP contribution in [0.3, 0.4) is 0 Å². The Labute approximate surface area is 276 Å². The van der Waals surface area contributed by atoms with Gasteiger partial charge in [-0.1, -0.05) is 6.07 Å². The van der Waals surface area contributed by atoms with Gasteiger partial charge in [-0.3, -0.25) is 19.7 Å². The number of rotatable bonds is 12. The van der Waals surface area contributed by atoms with Crippen LogP contribution in [0.2, 0.25) is 0 Å². The molecule has 11 nitrogen and oxygen atoms in total. The first-order chi connectivity index (χ1) is 22.8. The van der Waals surface area contributed by atoms with Gasteiger partial charge in [0.15, 0.2) is 23.0 Å². The smallest absolute Gasteiger partial charge is 0.229 e. The molecule has 0 aliphatic carbocycles. The van der Waals surface area contributed by atoms with Crippen molar-refractivity contribution in [3.05, 3.63) is 66.5 Å². The van der Waals surface area contributed by atoms with Crippen molar-refractivity contribution >= 4 is 11.6 Å². The summed E-state index contributed by atoms with van der Waals surface area (Å²) >= 11 is 0. The number of aromatic nitrogens is 2. The number of nitrogens with zero attached hydrogens (tertiary/aromatic N) is 4. The summed E-state index contributed by atoms with van der Waals surface area (Å²) in [5.74, 6) is 3.27. The first kappa shape index (κ1) is 33.3. The molecule has 47 heavy (non-hydrogen) atoms. The number of likely N-dealkylation sites (tertiary alicyclic amines) is 1. The van der Waals surface area contributed by atoms with Crippen molar-refractivity contribution in [1.82, 2.24) is 14.9 Å². The fourth-order valence-electron chi connectivity index (χ4n) is 6.04. The predicted molar refractivity (Wildman–Crippen MR) is 180 cm³/mol. The standard InChI is InChI=1S/C36H42N4O7/c1-39(27-10-14-37-28(21-27)25-17-29(42-2)34(46-6)30(18-25)43-3)36(41)23-11-15-40(16-12-23)22-24-9-8-13-38-33(24)26-19-31(44-4)35(47-7)32(20-26)45-5/h8-10,13-14,17-21,23H,11-12,15-16,22H2,1-7H3. The van der Waals surface area contributed by atoms with Gasteiger partial charge < -0.3 is 33.3 Å². The topological polar surface area (TPSA) is 105 Å². The molecule has 0 bridgehead atoms. The molecule has 5 rings (SSSR count). The number of anilines is 1. The van der Waals surface area contributed by atoms with Crippen LogP contribution in [0, 0.1) is 5.92 Å². The van der Waals surface area contributed by atoms with Crippen LogP contribution < -0.4 is 33.3 Å². The Morgan fingerprint density at radius 1 is 0.745 bits per heavy atom. The lowest BCUT2D eigenvalue weighted by atomic mass is 9.94. The molecular formula is C36H42N4O7. The highest BCUT2D eigenvalue weighted by molar-refractivity contribution is 5.95. The molecule has 1 saturated heterocycles. The summed E-state index contributed by atoms with van der Waals surface area (Å²) in [5.41, 5.74) is 5.06. The summed E-state index contributed by atoms with van der Waals surface area (Å²) in [6.07, 6.45) is 5.01. The van der Waals surface area contributed by atoms with E-state index in [1.165, 1.54) is 0 Å². The first-order valence-corrected chi connectivity index (χ1v) is 15.4. The van der Waals surface area contributed by atoms with E-state index >= 15 is 0 Å². The maximum absolute atomic E-state index is 13.7. The number of hydrogen-bond acceptors (Lipinski definition) is 10. The number of carbonyl (C=O) groups is 1. The van der Waals surface area contributed by atoms with Crippen LogP contribution >= 0.6 is 0 Å².